The Bertz CT molecular complexity index is 1390. The Labute approximate surface area is 222 Å². The maximum absolute atomic E-state index is 13.5. The molecule has 0 bridgehead atoms. The molecule has 0 aliphatic carbocycles. The van der Waals surface area contributed by atoms with Crippen LogP contribution in [0.25, 0.3) is 11.4 Å². The van der Waals surface area contributed by atoms with Gasteiger partial charge in [0, 0.05) is 32.4 Å². The van der Waals surface area contributed by atoms with Crippen molar-refractivity contribution in [3.63, 3.8) is 0 Å². The number of aliphatic hydroxyl groups is 1. The van der Waals surface area contributed by atoms with E-state index in [1.54, 1.807) is 4.90 Å². The lowest BCUT2D eigenvalue weighted by Crippen LogP contribution is -2.42. The third-order valence-electron chi connectivity index (χ3n) is 7.26. The Morgan fingerprint density at radius 3 is 2.66 bits per heavy atom. The Morgan fingerprint density at radius 2 is 1.92 bits per heavy atom. The summed E-state index contributed by atoms with van der Waals surface area (Å²) in [5.41, 5.74) is 3.39. The van der Waals surface area contributed by atoms with Gasteiger partial charge in [-0.15, -0.1) is 0 Å². The number of imidazole rings is 1. The lowest BCUT2D eigenvalue weighted by molar-refractivity contribution is -0.140. The highest BCUT2D eigenvalue weighted by Gasteiger charge is 2.46. The maximum Gasteiger partial charge on any atom is 0.295 e. The Balaban J connectivity index is 1.60. The van der Waals surface area contributed by atoms with Crippen molar-refractivity contribution in [1.82, 2.24) is 19.2 Å². The zero-order chi connectivity index (χ0) is 26.8. The van der Waals surface area contributed by atoms with E-state index in [1.807, 2.05) is 67.8 Å². The van der Waals surface area contributed by atoms with Crippen molar-refractivity contribution in [2.24, 2.45) is 0 Å². The molecular weight excluding hydrogens is 484 g/mol. The normalized spacial score (nSPS) is 20.0. The molecule has 3 aromatic rings. The Kier molecular flexibility index (Phi) is 7.49. The minimum atomic E-state index is -0.758. The molecule has 2 aliphatic heterocycles. The predicted octanol–water partition coefficient (Wildman–Crippen LogP) is 3.49. The largest absolute Gasteiger partial charge is 0.505 e. The van der Waals surface area contributed by atoms with Crippen molar-refractivity contribution in [1.29, 1.82) is 0 Å². The highest BCUT2D eigenvalue weighted by atomic mass is 16.5. The molecule has 0 radical (unpaired) electrons. The molecule has 1 amide bonds. The Morgan fingerprint density at radius 1 is 1.13 bits per heavy atom. The van der Waals surface area contributed by atoms with Gasteiger partial charge in [-0.05, 0) is 49.6 Å². The minimum absolute atomic E-state index is 0.0498. The number of ether oxygens (including phenoxy) is 2. The predicted molar refractivity (Wildman–Crippen MR) is 143 cm³/mol. The van der Waals surface area contributed by atoms with Gasteiger partial charge in [-0.3, -0.25) is 14.5 Å². The molecule has 1 unspecified atom stereocenters. The van der Waals surface area contributed by atoms with E-state index in [0.29, 0.717) is 61.3 Å². The summed E-state index contributed by atoms with van der Waals surface area (Å²) >= 11 is 0. The second-order valence-corrected chi connectivity index (χ2v) is 9.80. The number of rotatable bonds is 8. The molecule has 9 nitrogen and oxygen atoms in total. The molecule has 0 saturated carbocycles. The second kappa shape index (κ2) is 11.0. The first-order chi connectivity index (χ1) is 18.4. The van der Waals surface area contributed by atoms with Crippen molar-refractivity contribution in [2.45, 2.75) is 33.2 Å². The molecule has 0 spiro atoms. The van der Waals surface area contributed by atoms with Gasteiger partial charge in [0.25, 0.3) is 11.7 Å². The van der Waals surface area contributed by atoms with E-state index in [-0.39, 0.29) is 11.3 Å². The average Bonchev–Trinajstić information content (AvgIpc) is 3.41. The van der Waals surface area contributed by atoms with E-state index < -0.39 is 17.7 Å². The van der Waals surface area contributed by atoms with Crippen LogP contribution in [-0.4, -0.2) is 82.0 Å². The number of nitrogens with zero attached hydrogens (tertiary/aromatic N) is 4. The van der Waals surface area contributed by atoms with Crippen LogP contribution in [0.4, 0.5) is 0 Å². The van der Waals surface area contributed by atoms with Crippen LogP contribution < -0.4 is 4.74 Å². The van der Waals surface area contributed by atoms with Crippen molar-refractivity contribution in [2.75, 3.05) is 46.0 Å². The zero-order valence-electron chi connectivity index (χ0n) is 22.1. The molecular formula is C29H34N4O5. The van der Waals surface area contributed by atoms with Gasteiger partial charge in [-0.1, -0.05) is 25.1 Å². The fourth-order valence-electron chi connectivity index (χ4n) is 5.20. The standard InChI is InChI=1S/C29H34N4O5/c1-4-15-38-22-9-5-8-21(18-22)25-23(26(34)24-20(3)32-10-6-7-19(2)28(32)30-24)27(35)29(36)33(25)12-11-31-13-16-37-17-14-31/h5-10,18,25,34H,4,11-17H2,1-3H3/b26-23+. The molecule has 1 N–H and O–H groups in total. The van der Waals surface area contributed by atoms with E-state index in [1.165, 1.54) is 0 Å². The van der Waals surface area contributed by atoms with Crippen molar-refractivity contribution >= 4 is 23.1 Å². The maximum atomic E-state index is 13.5. The van der Waals surface area contributed by atoms with Crippen LogP contribution >= 0.6 is 0 Å². The minimum Gasteiger partial charge on any atom is -0.505 e. The van der Waals surface area contributed by atoms with Gasteiger partial charge < -0.3 is 23.9 Å². The highest BCUT2D eigenvalue weighted by Crippen LogP contribution is 2.40. The first-order valence-corrected chi connectivity index (χ1v) is 13.2. The number of aromatic nitrogens is 2. The molecule has 1 aromatic carbocycles. The van der Waals surface area contributed by atoms with E-state index in [4.69, 9.17) is 9.47 Å². The summed E-state index contributed by atoms with van der Waals surface area (Å²) in [6.45, 7) is 10.2. The fourth-order valence-corrected chi connectivity index (χ4v) is 5.20. The number of aryl methyl sites for hydroxylation is 2. The summed E-state index contributed by atoms with van der Waals surface area (Å²) < 4.78 is 13.2. The number of carbonyl (C=O) groups excluding carboxylic acids is 2. The van der Waals surface area contributed by atoms with Gasteiger partial charge in [0.2, 0.25) is 0 Å². The molecule has 2 aromatic heterocycles. The SMILES string of the molecule is CCCOc1cccc(C2/C(=C(\O)c3nc4c(C)cccn4c3C)C(=O)C(=O)N2CCN2CCOCC2)c1. The topological polar surface area (TPSA) is 96.6 Å². The van der Waals surface area contributed by atoms with Crippen LogP contribution in [0.5, 0.6) is 5.75 Å². The van der Waals surface area contributed by atoms with Gasteiger partial charge in [-0.25, -0.2) is 4.98 Å². The number of aliphatic hydroxyl groups excluding tert-OH is 1. The Hall–Kier alpha value is -3.69. The number of benzene rings is 1. The van der Waals surface area contributed by atoms with Gasteiger partial charge in [0.05, 0.1) is 37.1 Å². The summed E-state index contributed by atoms with van der Waals surface area (Å²) in [6.07, 6.45) is 2.73. The molecule has 5 rings (SSSR count). The van der Waals surface area contributed by atoms with E-state index in [2.05, 4.69) is 9.88 Å². The van der Waals surface area contributed by atoms with E-state index >= 15 is 0 Å². The monoisotopic (exact) mass is 518 g/mol. The number of hydrogen-bond acceptors (Lipinski definition) is 7. The summed E-state index contributed by atoms with van der Waals surface area (Å²) in [6, 6.07) is 10.5. The number of pyridine rings is 1. The third-order valence-corrected chi connectivity index (χ3v) is 7.26. The zero-order valence-corrected chi connectivity index (χ0v) is 22.1. The van der Waals surface area contributed by atoms with E-state index in [0.717, 1.165) is 25.1 Å². The molecule has 2 saturated heterocycles. The fraction of sp³-hybridized carbons (Fsp3) is 0.414. The molecule has 9 heteroatoms. The van der Waals surface area contributed by atoms with Crippen LogP contribution in [0.2, 0.25) is 0 Å². The second-order valence-electron chi connectivity index (χ2n) is 9.80. The number of carbonyl (C=O) groups is 2. The van der Waals surface area contributed by atoms with E-state index in [9.17, 15) is 14.7 Å². The van der Waals surface area contributed by atoms with Crippen LogP contribution in [-0.2, 0) is 14.3 Å². The molecule has 38 heavy (non-hydrogen) atoms. The molecule has 1 atom stereocenters. The molecule has 4 heterocycles. The number of Topliss-reactive ketones (excluding diaryl/α,β-unsaturated/α-hetero) is 1. The summed E-state index contributed by atoms with van der Waals surface area (Å²) in [4.78, 5) is 35.4. The van der Waals surface area contributed by atoms with Crippen molar-refractivity contribution < 1.29 is 24.2 Å². The summed E-state index contributed by atoms with van der Waals surface area (Å²) in [5, 5.41) is 11.6. The van der Waals surface area contributed by atoms with Crippen molar-refractivity contribution in [3.8, 4) is 5.75 Å². The van der Waals surface area contributed by atoms with Crippen LogP contribution in [0.15, 0.2) is 48.2 Å². The van der Waals surface area contributed by atoms with Gasteiger partial charge in [-0.2, -0.15) is 0 Å². The van der Waals surface area contributed by atoms with Gasteiger partial charge >= 0.3 is 0 Å². The number of hydrogen-bond donors (Lipinski definition) is 1. The van der Waals surface area contributed by atoms with Gasteiger partial charge in [0.1, 0.15) is 17.1 Å². The number of morpholine rings is 1. The summed E-state index contributed by atoms with van der Waals surface area (Å²) in [7, 11) is 0. The average molecular weight is 519 g/mol. The number of fused-ring (bicyclic) bond motifs is 1. The third kappa shape index (κ3) is 4.79. The first kappa shape index (κ1) is 25.9. The smallest absolute Gasteiger partial charge is 0.295 e. The lowest BCUT2D eigenvalue weighted by Gasteiger charge is -2.31. The van der Waals surface area contributed by atoms with Crippen molar-refractivity contribution in [3.05, 3.63) is 70.7 Å². The lowest BCUT2D eigenvalue weighted by atomic mass is 9.96. The molecule has 2 aliphatic rings. The summed E-state index contributed by atoms with van der Waals surface area (Å²) in [5.74, 6) is -0.935. The molecule has 200 valence electrons. The number of likely N-dealkylation sites (tertiary alicyclic amines) is 1. The van der Waals surface area contributed by atoms with Gasteiger partial charge in [0.15, 0.2) is 5.76 Å². The van der Waals surface area contributed by atoms with Crippen LogP contribution in [0.1, 0.15) is 41.9 Å². The van der Waals surface area contributed by atoms with Crippen LogP contribution in [0.3, 0.4) is 0 Å². The molecule has 2 fully saturated rings. The quantitative estimate of drug-likeness (QED) is 0.277. The number of amides is 1. The highest BCUT2D eigenvalue weighted by molar-refractivity contribution is 6.46. The number of ketones is 1. The van der Waals surface area contributed by atoms with Crippen LogP contribution in [0, 0.1) is 13.8 Å². The first-order valence-electron chi connectivity index (χ1n) is 13.2.